The molecule has 0 saturated heterocycles. The van der Waals surface area contributed by atoms with Crippen molar-refractivity contribution in [1.29, 1.82) is 0 Å². The summed E-state index contributed by atoms with van der Waals surface area (Å²) < 4.78 is 0. The van der Waals surface area contributed by atoms with Crippen LogP contribution in [0.15, 0.2) is 6.07 Å². The fourth-order valence-electron chi connectivity index (χ4n) is 0.771. The summed E-state index contributed by atoms with van der Waals surface area (Å²) in [7, 11) is 3.64. The molecule has 1 heterocycles. The lowest BCUT2D eigenvalue weighted by Crippen LogP contribution is -2.20. The first-order valence-electron chi connectivity index (χ1n) is 3.56. The fourth-order valence-corrected chi connectivity index (χ4v) is 1.17. The molecule has 0 spiro atoms. The third-order valence-corrected chi connectivity index (χ3v) is 1.88. The molecule has 6 heteroatoms. The molecule has 0 amide bonds. The molecule has 0 fully saturated rings. The van der Waals surface area contributed by atoms with Gasteiger partial charge in [-0.15, -0.1) is 0 Å². The average molecular weight is 221 g/mol. The minimum absolute atomic E-state index is 0.260. The lowest BCUT2D eigenvalue weighted by molar-refractivity contribution is 0.492. The molecule has 1 aromatic heterocycles. The van der Waals surface area contributed by atoms with E-state index in [1.165, 1.54) is 0 Å². The summed E-state index contributed by atoms with van der Waals surface area (Å²) >= 11 is 11.6. The third-order valence-electron chi connectivity index (χ3n) is 1.29. The molecule has 13 heavy (non-hydrogen) atoms. The Balaban J connectivity index is 3.01. The number of hydrazine groups is 1. The van der Waals surface area contributed by atoms with Crippen molar-refractivity contribution < 1.29 is 0 Å². The van der Waals surface area contributed by atoms with E-state index >= 15 is 0 Å². The molecule has 0 unspecified atom stereocenters. The molecule has 0 saturated carbocycles. The van der Waals surface area contributed by atoms with Gasteiger partial charge >= 0.3 is 0 Å². The summed E-state index contributed by atoms with van der Waals surface area (Å²) in [5.74, 6) is 0.754. The van der Waals surface area contributed by atoms with Crippen molar-refractivity contribution in [2.75, 3.05) is 25.3 Å². The zero-order valence-electron chi connectivity index (χ0n) is 7.31. The van der Waals surface area contributed by atoms with E-state index < -0.39 is 0 Å². The van der Waals surface area contributed by atoms with E-state index in [9.17, 15) is 0 Å². The van der Waals surface area contributed by atoms with E-state index in [4.69, 9.17) is 28.9 Å². The Labute approximate surface area is 86.6 Å². The maximum absolute atomic E-state index is 5.85. The molecule has 0 bridgehead atoms. The minimum Gasteiger partial charge on any atom is -0.382 e. The Bertz CT molecular complexity index is 314. The van der Waals surface area contributed by atoms with Crippen LogP contribution < -0.4 is 11.2 Å². The fraction of sp³-hybridized carbons (Fsp3) is 0.286. The predicted molar refractivity (Wildman–Crippen MR) is 56.0 cm³/mol. The summed E-state index contributed by atoms with van der Waals surface area (Å²) in [6.07, 6.45) is 0. The molecule has 0 radical (unpaired) electrons. The number of aromatic nitrogens is 1. The summed E-state index contributed by atoms with van der Waals surface area (Å²) in [6, 6.07) is 1.55. The van der Waals surface area contributed by atoms with Crippen molar-refractivity contribution in [3.8, 4) is 0 Å². The van der Waals surface area contributed by atoms with Crippen LogP contribution in [0.2, 0.25) is 10.0 Å². The maximum Gasteiger partial charge on any atom is 0.161 e. The van der Waals surface area contributed by atoms with Crippen LogP contribution in [0.3, 0.4) is 0 Å². The van der Waals surface area contributed by atoms with Gasteiger partial charge in [0, 0.05) is 14.1 Å². The van der Waals surface area contributed by atoms with Crippen LogP contribution in [0.4, 0.5) is 11.6 Å². The van der Waals surface area contributed by atoms with E-state index in [0.717, 1.165) is 0 Å². The van der Waals surface area contributed by atoms with Crippen molar-refractivity contribution in [3.05, 3.63) is 16.1 Å². The van der Waals surface area contributed by atoms with Gasteiger partial charge in [0.1, 0.15) is 5.82 Å². The number of hydrogen-bond acceptors (Lipinski definition) is 4. The number of nitrogens with one attached hydrogen (secondary N) is 1. The van der Waals surface area contributed by atoms with Gasteiger partial charge in [-0.3, -0.25) is 0 Å². The Morgan fingerprint density at radius 1 is 1.38 bits per heavy atom. The average Bonchev–Trinajstić information content (AvgIpc) is 1.99. The second-order valence-electron chi connectivity index (χ2n) is 2.69. The van der Waals surface area contributed by atoms with Gasteiger partial charge in [-0.2, -0.15) is 0 Å². The normalized spacial score (nSPS) is 10.5. The highest BCUT2D eigenvalue weighted by Gasteiger charge is 2.06. The predicted octanol–water partition coefficient (Wildman–Crippen LogP) is 1.86. The van der Waals surface area contributed by atoms with Crippen LogP contribution in [0.25, 0.3) is 0 Å². The zero-order valence-corrected chi connectivity index (χ0v) is 8.82. The van der Waals surface area contributed by atoms with Crippen molar-refractivity contribution in [3.63, 3.8) is 0 Å². The maximum atomic E-state index is 5.85. The molecule has 0 atom stereocenters. The number of pyridine rings is 1. The first-order chi connectivity index (χ1) is 6.00. The quantitative estimate of drug-likeness (QED) is 0.748. The number of nitrogens with two attached hydrogens (primary N) is 1. The first kappa shape index (κ1) is 10.4. The first-order valence-corrected chi connectivity index (χ1v) is 4.32. The SMILES string of the molecule is CN(C)Nc1nc(N)c(Cl)cc1Cl. The molecule has 0 aliphatic heterocycles. The Hall–Kier alpha value is -0.710. The molecule has 4 nitrogen and oxygen atoms in total. The summed E-state index contributed by atoms with van der Waals surface area (Å²) in [6.45, 7) is 0. The van der Waals surface area contributed by atoms with Gasteiger partial charge < -0.3 is 11.2 Å². The van der Waals surface area contributed by atoms with E-state index in [1.54, 1.807) is 11.1 Å². The van der Waals surface area contributed by atoms with Crippen LogP contribution in [-0.4, -0.2) is 24.1 Å². The van der Waals surface area contributed by atoms with Crippen molar-refractivity contribution in [2.24, 2.45) is 0 Å². The lowest BCUT2D eigenvalue weighted by atomic mass is 10.4. The summed E-state index contributed by atoms with van der Waals surface area (Å²) in [5, 5.41) is 2.50. The van der Waals surface area contributed by atoms with Crippen LogP contribution >= 0.6 is 23.2 Å². The number of hydrogen-bond donors (Lipinski definition) is 2. The molecule has 1 aromatic rings. The highest BCUT2D eigenvalue weighted by atomic mass is 35.5. The molecule has 1 rings (SSSR count). The number of nitrogen functional groups attached to an aromatic ring is 1. The molecule has 3 N–H and O–H groups in total. The second kappa shape index (κ2) is 4.00. The van der Waals surface area contributed by atoms with Crippen LogP contribution in [-0.2, 0) is 0 Å². The van der Waals surface area contributed by atoms with E-state index in [2.05, 4.69) is 10.4 Å². The largest absolute Gasteiger partial charge is 0.382 e. The number of anilines is 2. The van der Waals surface area contributed by atoms with Crippen molar-refractivity contribution in [2.45, 2.75) is 0 Å². The Kier molecular flexibility index (Phi) is 3.19. The van der Waals surface area contributed by atoms with Gasteiger partial charge in [0.15, 0.2) is 5.82 Å². The monoisotopic (exact) mass is 220 g/mol. The Morgan fingerprint density at radius 3 is 2.54 bits per heavy atom. The molecule has 0 aromatic carbocycles. The van der Waals surface area contributed by atoms with E-state index in [0.29, 0.717) is 15.9 Å². The van der Waals surface area contributed by atoms with Crippen LogP contribution in [0.5, 0.6) is 0 Å². The topological polar surface area (TPSA) is 54.2 Å². The van der Waals surface area contributed by atoms with Gasteiger partial charge in [0.05, 0.1) is 10.0 Å². The zero-order chi connectivity index (χ0) is 10.0. The van der Waals surface area contributed by atoms with E-state index in [1.807, 2.05) is 14.1 Å². The van der Waals surface area contributed by atoms with Crippen LogP contribution in [0, 0.1) is 0 Å². The van der Waals surface area contributed by atoms with Crippen molar-refractivity contribution >= 4 is 34.8 Å². The van der Waals surface area contributed by atoms with Gasteiger partial charge in [-0.1, -0.05) is 23.2 Å². The highest BCUT2D eigenvalue weighted by molar-refractivity contribution is 6.37. The molecule has 0 aliphatic carbocycles. The third kappa shape index (κ3) is 2.62. The summed E-state index contributed by atoms with van der Waals surface area (Å²) in [4.78, 5) is 3.97. The van der Waals surface area contributed by atoms with Gasteiger partial charge in [0.25, 0.3) is 0 Å². The number of rotatable bonds is 2. The molecular weight excluding hydrogens is 211 g/mol. The standard InChI is InChI=1S/C7H10Cl2N4/c1-13(2)12-7-5(9)3-4(8)6(10)11-7/h3H,1-2H3,(H3,10,11,12). The molecule has 0 aliphatic rings. The summed E-state index contributed by atoms with van der Waals surface area (Å²) in [5.41, 5.74) is 8.40. The van der Waals surface area contributed by atoms with Gasteiger partial charge in [-0.25, -0.2) is 9.99 Å². The lowest BCUT2D eigenvalue weighted by Gasteiger charge is -2.14. The smallest absolute Gasteiger partial charge is 0.161 e. The number of halogens is 2. The molecular formula is C7H10Cl2N4. The van der Waals surface area contributed by atoms with Crippen molar-refractivity contribution in [1.82, 2.24) is 9.99 Å². The highest BCUT2D eigenvalue weighted by Crippen LogP contribution is 2.27. The Morgan fingerprint density at radius 2 is 2.00 bits per heavy atom. The molecule has 72 valence electrons. The van der Waals surface area contributed by atoms with E-state index in [-0.39, 0.29) is 5.82 Å². The van der Waals surface area contributed by atoms with Gasteiger partial charge in [-0.05, 0) is 6.07 Å². The van der Waals surface area contributed by atoms with Gasteiger partial charge in [0.2, 0.25) is 0 Å². The number of nitrogens with zero attached hydrogens (tertiary/aromatic N) is 2. The second-order valence-corrected chi connectivity index (χ2v) is 3.51. The van der Waals surface area contributed by atoms with Crippen LogP contribution in [0.1, 0.15) is 0 Å². The minimum atomic E-state index is 0.260.